The molecule has 0 spiro atoms. The van der Waals surface area contributed by atoms with Crippen molar-refractivity contribution in [3.05, 3.63) is 0 Å². The summed E-state index contributed by atoms with van der Waals surface area (Å²) >= 11 is 2.93. The second kappa shape index (κ2) is 3.45. The van der Waals surface area contributed by atoms with Gasteiger partial charge in [-0.15, -0.1) is 12.1 Å². The first kappa shape index (κ1) is 10.4. The largest absolute Gasteiger partial charge is 1.00 e. The van der Waals surface area contributed by atoms with Crippen molar-refractivity contribution in [2.75, 3.05) is 0 Å². The summed E-state index contributed by atoms with van der Waals surface area (Å²) in [7, 11) is -3.92. The van der Waals surface area contributed by atoms with E-state index in [0.29, 0.717) is 0 Å². The molecule has 0 heterocycles. The van der Waals surface area contributed by atoms with Crippen molar-refractivity contribution in [2.45, 2.75) is 0 Å². The quantitative estimate of drug-likeness (QED) is 0.200. The van der Waals surface area contributed by atoms with Gasteiger partial charge in [0.2, 0.25) is 0 Å². The number of thiol groups is 1. The van der Waals surface area contributed by atoms with Gasteiger partial charge in [0.15, 0.2) is 0 Å². The Morgan fingerprint density at radius 1 is 1.33 bits per heavy atom. The molecule has 0 amide bonds. The first-order valence-corrected chi connectivity index (χ1v) is 4.02. The zero-order valence-electron chi connectivity index (χ0n) is 4.29. The molecule has 0 aromatic heterocycles. The summed E-state index contributed by atoms with van der Waals surface area (Å²) in [6.45, 7) is 0. The summed E-state index contributed by atoms with van der Waals surface area (Å²) in [5.41, 5.74) is 0. The third-order valence-electron chi connectivity index (χ3n) is 0. The maximum Gasteiger partial charge on any atom is 1.00 e. The Morgan fingerprint density at radius 3 is 1.33 bits per heavy atom. The van der Waals surface area contributed by atoms with E-state index in [-0.39, 0.29) is 31.0 Å². The van der Waals surface area contributed by atoms with Gasteiger partial charge in [0, 0.05) is 0 Å². The van der Waals surface area contributed by atoms with Gasteiger partial charge < -0.3 is 15.8 Å². The minimum absolute atomic E-state index is 0. The second-order valence-corrected chi connectivity index (χ2v) is 3.60. The van der Waals surface area contributed by atoms with E-state index >= 15 is 0 Å². The fourth-order valence-corrected chi connectivity index (χ4v) is 0. The Kier molecular flexibility index (Phi) is 6.00. The Labute approximate surface area is 65.2 Å². The van der Waals surface area contributed by atoms with Crippen molar-refractivity contribution in [1.82, 2.24) is 0 Å². The predicted molar refractivity (Wildman–Crippen MR) is 22.5 cm³/mol. The molecule has 6 heteroatoms. The van der Waals surface area contributed by atoms with Crippen molar-refractivity contribution in [2.24, 2.45) is 0 Å². The molecule has 3 nitrogen and oxygen atoms in total. The topological polar surface area (TPSA) is 60.7 Å². The Balaban J connectivity index is -0.0000000800. The SMILES string of the molecule is O[Si](O)(O)S.[H-].[Na+]. The molecule has 0 aromatic carbocycles. The number of hydrogen-bond acceptors (Lipinski definition) is 4. The average Bonchev–Trinajstić information content (AvgIpc) is 0.722. The van der Waals surface area contributed by atoms with Gasteiger partial charge in [0.25, 0.3) is 0 Å². The predicted octanol–water partition coefficient (Wildman–Crippen LogP) is -4.55. The van der Waals surface area contributed by atoms with E-state index in [1.807, 2.05) is 0 Å². The third-order valence-corrected chi connectivity index (χ3v) is 0. The van der Waals surface area contributed by atoms with Gasteiger partial charge in [0.05, 0.1) is 0 Å². The van der Waals surface area contributed by atoms with Crippen LogP contribution in [0.2, 0.25) is 0 Å². The summed E-state index contributed by atoms with van der Waals surface area (Å²) in [6.07, 6.45) is 0. The molecular weight excluding hydrogens is 131 g/mol. The third kappa shape index (κ3) is 51.5. The molecule has 0 bridgehead atoms. The molecule has 0 rings (SSSR count). The molecule has 0 saturated carbocycles. The second-order valence-electron chi connectivity index (χ2n) is 0.600. The van der Waals surface area contributed by atoms with Crippen molar-refractivity contribution >= 4 is 20.0 Å². The molecule has 0 aromatic rings. The zero-order valence-corrected chi connectivity index (χ0v) is 7.18. The van der Waals surface area contributed by atoms with E-state index in [0.717, 1.165) is 0 Å². The van der Waals surface area contributed by atoms with Crippen molar-refractivity contribution in [1.29, 1.82) is 0 Å². The van der Waals surface area contributed by atoms with Gasteiger partial charge in [-0.2, -0.15) is 0 Å². The van der Waals surface area contributed by atoms with Gasteiger partial charge in [-0.05, 0) is 0 Å². The number of hydrogen-bond donors (Lipinski definition) is 4. The van der Waals surface area contributed by atoms with E-state index in [9.17, 15) is 0 Å². The standard InChI is InChI=1S/Na.H4O3SSi.H/c;1-5(2,3)4;/h;1-4H;/q+1;;-1. The maximum absolute atomic E-state index is 7.64. The van der Waals surface area contributed by atoms with Gasteiger partial charge >= 0.3 is 37.5 Å². The van der Waals surface area contributed by atoms with E-state index in [4.69, 9.17) is 14.4 Å². The van der Waals surface area contributed by atoms with Crippen LogP contribution in [0.25, 0.3) is 0 Å². The van der Waals surface area contributed by atoms with Crippen LogP contribution in [-0.2, 0) is 0 Å². The average molecular weight is 136 g/mol. The van der Waals surface area contributed by atoms with Crippen LogP contribution in [0.15, 0.2) is 0 Å². The van der Waals surface area contributed by atoms with Crippen LogP contribution in [0.4, 0.5) is 0 Å². The molecule has 0 aliphatic carbocycles. The fourth-order valence-electron chi connectivity index (χ4n) is 0. The van der Waals surface area contributed by atoms with Crippen molar-refractivity contribution < 1.29 is 45.4 Å². The Morgan fingerprint density at radius 2 is 1.33 bits per heavy atom. The van der Waals surface area contributed by atoms with E-state index in [2.05, 4.69) is 12.1 Å². The first-order chi connectivity index (χ1) is 2.00. The molecular formula is H5NaO3SSi. The molecule has 0 aliphatic heterocycles. The summed E-state index contributed by atoms with van der Waals surface area (Å²) < 4.78 is 0. The maximum atomic E-state index is 7.64. The van der Waals surface area contributed by atoms with Crippen LogP contribution >= 0.6 is 12.1 Å². The molecule has 0 fully saturated rings. The minimum Gasteiger partial charge on any atom is -1.00 e. The van der Waals surface area contributed by atoms with Gasteiger partial charge in [-0.3, -0.25) is 0 Å². The Bertz CT molecular complexity index is 30.4. The van der Waals surface area contributed by atoms with Crippen LogP contribution in [0.1, 0.15) is 1.43 Å². The van der Waals surface area contributed by atoms with Crippen LogP contribution in [-0.4, -0.2) is 22.3 Å². The molecule has 6 heavy (non-hydrogen) atoms. The van der Waals surface area contributed by atoms with E-state index in [1.165, 1.54) is 0 Å². The molecule has 34 valence electrons. The number of rotatable bonds is 0. The first-order valence-electron chi connectivity index (χ1n) is 0.894. The Hall–Kier alpha value is 1.45. The molecule has 0 radical (unpaired) electrons. The van der Waals surface area contributed by atoms with Crippen LogP contribution in [0.3, 0.4) is 0 Å². The van der Waals surface area contributed by atoms with Gasteiger partial charge in [-0.1, -0.05) is 0 Å². The molecule has 0 atom stereocenters. The van der Waals surface area contributed by atoms with Crippen molar-refractivity contribution in [3.63, 3.8) is 0 Å². The van der Waals surface area contributed by atoms with E-state index in [1.54, 1.807) is 0 Å². The smallest absolute Gasteiger partial charge is 1.00 e. The normalized spacial score (nSPS) is 10.0. The summed E-state index contributed by atoms with van der Waals surface area (Å²) in [6, 6.07) is 0. The van der Waals surface area contributed by atoms with Crippen LogP contribution in [0, 0.1) is 0 Å². The monoisotopic (exact) mass is 136 g/mol. The minimum atomic E-state index is -3.92. The molecule has 0 aliphatic rings. The zero-order chi connectivity index (χ0) is 4.50. The molecule has 0 unspecified atom stereocenters. The summed E-state index contributed by atoms with van der Waals surface area (Å²) in [5, 5.41) is 0. The fraction of sp³-hybridized carbons (Fsp3) is 0. The van der Waals surface area contributed by atoms with Gasteiger partial charge in [-0.25, -0.2) is 0 Å². The van der Waals surface area contributed by atoms with Crippen LogP contribution < -0.4 is 29.6 Å². The van der Waals surface area contributed by atoms with Crippen LogP contribution in [0.5, 0.6) is 0 Å². The molecule has 0 saturated heterocycles. The van der Waals surface area contributed by atoms with E-state index < -0.39 is 7.95 Å². The summed E-state index contributed by atoms with van der Waals surface area (Å²) in [4.78, 5) is 22.9. The summed E-state index contributed by atoms with van der Waals surface area (Å²) in [5.74, 6) is 0. The van der Waals surface area contributed by atoms with Crippen molar-refractivity contribution in [3.8, 4) is 0 Å². The molecule has 3 N–H and O–H groups in total. The van der Waals surface area contributed by atoms with Gasteiger partial charge in [0.1, 0.15) is 0 Å².